The van der Waals surface area contributed by atoms with Gasteiger partial charge in [-0.15, -0.1) is 24.0 Å². The van der Waals surface area contributed by atoms with E-state index in [0.717, 1.165) is 63.6 Å². The summed E-state index contributed by atoms with van der Waals surface area (Å²) in [6.07, 6.45) is -1.51. The molecule has 3 rings (SSSR count). The first-order chi connectivity index (χ1) is 14.2. The first kappa shape index (κ1) is 26.2. The third-order valence-electron chi connectivity index (χ3n) is 6.66. The molecule has 5 nitrogen and oxygen atoms in total. The second kappa shape index (κ2) is 11.2. The number of benzene rings is 1. The molecule has 0 radical (unpaired) electrons. The van der Waals surface area contributed by atoms with Gasteiger partial charge in [0.1, 0.15) is 0 Å². The lowest BCUT2D eigenvalue weighted by Crippen LogP contribution is -2.53. The maximum absolute atomic E-state index is 13.1. The Morgan fingerprint density at radius 3 is 2.39 bits per heavy atom. The molecule has 0 amide bonds. The van der Waals surface area contributed by atoms with E-state index in [1.807, 2.05) is 6.07 Å². The number of alkyl halides is 3. The lowest BCUT2D eigenvalue weighted by atomic mass is 9.64. The molecule has 31 heavy (non-hydrogen) atoms. The fourth-order valence-electron chi connectivity index (χ4n) is 4.31. The smallest absolute Gasteiger partial charge is 0.356 e. The summed E-state index contributed by atoms with van der Waals surface area (Å²) >= 11 is 0. The maximum Gasteiger partial charge on any atom is 0.416 e. The van der Waals surface area contributed by atoms with E-state index in [-0.39, 0.29) is 29.4 Å². The van der Waals surface area contributed by atoms with Gasteiger partial charge in [-0.25, -0.2) is 0 Å². The molecule has 0 spiro atoms. The highest BCUT2D eigenvalue weighted by Gasteiger charge is 2.40. The SMILES string of the molecule is CN=C(NCC(C)N1CCN(C)CC1)NCC1(c2cccc(C(F)(F)F)c2)CCC1.I. The number of aliphatic imine (C=N–C) groups is 1. The van der Waals surface area contributed by atoms with Crippen LogP contribution in [0.4, 0.5) is 13.2 Å². The van der Waals surface area contributed by atoms with Crippen molar-refractivity contribution in [1.29, 1.82) is 0 Å². The summed E-state index contributed by atoms with van der Waals surface area (Å²) < 4.78 is 39.4. The first-order valence-corrected chi connectivity index (χ1v) is 10.8. The molecule has 1 saturated carbocycles. The van der Waals surface area contributed by atoms with Crippen LogP contribution in [-0.2, 0) is 11.6 Å². The van der Waals surface area contributed by atoms with Crippen LogP contribution >= 0.6 is 24.0 Å². The number of guanidine groups is 1. The van der Waals surface area contributed by atoms with Crippen molar-refractivity contribution < 1.29 is 13.2 Å². The van der Waals surface area contributed by atoms with Gasteiger partial charge in [0.2, 0.25) is 0 Å². The molecule has 1 aromatic rings. The fraction of sp³-hybridized carbons (Fsp3) is 0.682. The van der Waals surface area contributed by atoms with Crippen molar-refractivity contribution in [3.8, 4) is 0 Å². The van der Waals surface area contributed by atoms with E-state index in [2.05, 4.69) is 39.4 Å². The minimum Gasteiger partial charge on any atom is -0.356 e. The lowest BCUT2D eigenvalue weighted by Gasteiger charge is -2.43. The zero-order valence-electron chi connectivity index (χ0n) is 18.6. The molecule has 1 aliphatic heterocycles. The van der Waals surface area contributed by atoms with Gasteiger partial charge in [0, 0.05) is 57.8 Å². The quantitative estimate of drug-likeness (QED) is 0.322. The van der Waals surface area contributed by atoms with Crippen LogP contribution in [0.25, 0.3) is 0 Å². The van der Waals surface area contributed by atoms with Crippen molar-refractivity contribution in [3.63, 3.8) is 0 Å². The Morgan fingerprint density at radius 2 is 1.84 bits per heavy atom. The van der Waals surface area contributed by atoms with E-state index in [9.17, 15) is 13.2 Å². The molecule has 176 valence electrons. The number of piperazine rings is 1. The van der Waals surface area contributed by atoms with Crippen LogP contribution < -0.4 is 10.6 Å². The second-order valence-corrected chi connectivity index (χ2v) is 8.71. The number of likely N-dealkylation sites (N-methyl/N-ethyl adjacent to an activating group) is 1. The molecule has 1 unspecified atom stereocenters. The van der Waals surface area contributed by atoms with Crippen molar-refractivity contribution in [2.24, 2.45) is 4.99 Å². The molecule has 0 bridgehead atoms. The van der Waals surface area contributed by atoms with Crippen LogP contribution in [0.1, 0.15) is 37.3 Å². The van der Waals surface area contributed by atoms with Gasteiger partial charge in [0.25, 0.3) is 0 Å². The third kappa shape index (κ3) is 6.71. The zero-order valence-corrected chi connectivity index (χ0v) is 21.0. The van der Waals surface area contributed by atoms with Crippen LogP contribution in [0, 0.1) is 0 Å². The van der Waals surface area contributed by atoms with Crippen molar-refractivity contribution in [2.45, 2.75) is 43.8 Å². The average Bonchev–Trinajstić information content (AvgIpc) is 2.69. The molecule has 1 aromatic carbocycles. The highest BCUT2D eigenvalue weighted by atomic mass is 127. The summed E-state index contributed by atoms with van der Waals surface area (Å²) in [5.41, 5.74) is -0.0748. The fourth-order valence-corrected chi connectivity index (χ4v) is 4.31. The van der Waals surface area contributed by atoms with Crippen LogP contribution in [-0.4, -0.2) is 75.2 Å². The van der Waals surface area contributed by atoms with Crippen LogP contribution in [0.3, 0.4) is 0 Å². The first-order valence-electron chi connectivity index (χ1n) is 10.8. The molecule has 1 atom stereocenters. The Hall–Kier alpha value is -1.07. The highest BCUT2D eigenvalue weighted by Crippen LogP contribution is 2.44. The molecule has 9 heteroatoms. The van der Waals surface area contributed by atoms with Gasteiger partial charge in [-0.3, -0.25) is 9.89 Å². The van der Waals surface area contributed by atoms with Gasteiger partial charge in [-0.05, 0) is 38.4 Å². The predicted octanol–water partition coefficient (Wildman–Crippen LogP) is 3.55. The van der Waals surface area contributed by atoms with Crippen molar-refractivity contribution in [2.75, 3.05) is 53.4 Å². The Morgan fingerprint density at radius 1 is 1.16 bits per heavy atom. The minimum atomic E-state index is -4.31. The van der Waals surface area contributed by atoms with Crippen LogP contribution in [0.2, 0.25) is 0 Å². The monoisotopic (exact) mass is 553 g/mol. The van der Waals surface area contributed by atoms with Gasteiger partial charge in [-0.1, -0.05) is 24.6 Å². The number of hydrogen-bond acceptors (Lipinski definition) is 3. The number of hydrogen-bond donors (Lipinski definition) is 2. The number of nitrogens with one attached hydrogen (secondary N) is 2. The van der Waals surface area contributed by atoms with E-state index < -0.39 is 11.7 Å². The van der Waals surface area contributed by atoms with Gasteiger partial charge in [0.05, 0.1) is 5.56 Å². The molecular weight excluding hydrogens is 518 g/mol. The Kier molecular flexibility index (Phi) is 9.44. The summed E-state index contributed by atoms with van der Waals surface area (Å²) in [6, 6.07) is 6.18. The van der Waals surface area contributed by atoms with Crippen molar-refractivity contribution in [1.82, 2.24) is 20.4 Å². The summed E-state index contributed by atoms with van der Waals surface area (Å²) in [5.74, 6) is 0.703. The lowest BCUT2D eigenvalue weighted by molar-refractivity contribution is -0.137. The number of rotatable bonds is 6. The Labute approximate surface area is 200 Å². The van der Waals surface area contributed by atoms with Gasteiger partial charge in [-0.2, -0.15) is 13.2 Å². The molecule has 2 aliphatic rings. The standard InChI is InChI=1S/C22H34F3N5.HI/c1-17(30-12-10-29(3)11-13-30)15-27-20(26-2)28-16-21(8-5-9-21)18-6-4-7-19(14-18)22(23,24)25;/h4,6-7,14,17H,5,8-13,15-16H2,1-3H3,(H2,26,27,28);1H. The Balaban J connectivity index is 0.00000341. The molecule has 1 aliphatic carbocycles. The summed E-state index contributed by atoms with van der Waals surface area (Å²) in [4.78, 5) is 9.12. The van der Waals surface area contributed by atoms with Gasteiger partial charge >= 0.3 is 6.18 Å². The van der Waals surface area contributed by atoms with Crippen molar-refractivity contribution in [3.05, 3.63) is 35.4 Å². The van der Waals surface area contributed by atoms with E-state index in [4.69, 9.17) is 0 Å². The van der Waals surface area contributed by atoms with Crippen LogP contribution in [0.15, 0.2) is 29.3 Å². The van der Waals surface area contributed by atoms with Gasteiger partial charge < -0.3 is 15.5 Å². The minimum absolute atomic E-state index is 0. The van der Waals surface area contributed by atoms with E-state index in [1.165, 1.54) is 12.1 Å². The van der Waals surface area contributed by atoms with Crippen molar-refractivity contribution >= 4 is 29.9 Å². The van der Waals surface area contributed by atoms with E-state index in [0.29, 0.717) is 18.5 Å². The highest BCUT2D eigenvalue weighted by molar-refractivity contribution is 14.0. The molecule has 1 heterocycles. The topological polar surface area (TPSA) is 42.9 Å². The molecule has 1 saturated heterocycles. The number of nitrogens with zero attached hydrogens (tertiary/aromatic N) is 3. The molecule has 0 aromatic heterocycles. The summed E-state index contributed by atoms with van der Waals surface area (Å²) in [5, 5.41) is 6.75. The maximum atomic E-state index is 13.1. The zero-order chi connectivity index (χ0) is 21.8. The van der Waals surface area contributed by atoms with Gasteiger partial charge in [0.15, 0.2) is 5.96 Å². The third-order valence-corrected chi connectivity index (χ3v) is 6.66. The van der Waals surface area contributed by atoms with E-state index >= 15 is 0 Å². The molecule has 2 N–H and O–H groups in total. The largest absolute Gasteiger partial charge is 0.416 e. The van der Waals surface area contributed by atoms with E-state index in [1.54, 1.807) is 7.05 Å². The average molecular weight is 553 g/mol. The molecular formula is C22H35F3IN5. The second-order valence-electron chi connectivity index (χ2n) is 8.71. The predicted molar refractivity (Wildman–Crippen MR) is 130 cm³/mol. The summed E-state index contributed by atoms with van der Waals surface area (Å²) in [6.45, 7) is 7.85. The van der Waals surface area contributed by atoms with Crippen LogP contribution in [0.5, 0.6) is 0 Å². The number of halogens is 4. The Bertz CT molecular complexity index is 728. The summed E-state index contributed by atoms with van der Waals surface area (Å²) in [7, 11) is 3.88. The molecule has 2 fully saturated rings. The normalized spacial score (nSPS) is 21.0.